The average Bonchev–Trinajstić information content (AvgIpc) is 2.91. The normalized spacial score (nSPS) is 16.3. The summed E-state index contributed by atoms with van der Waals surface area (Å²) in [6.07, 6.45) is 7.56. The van der Waals surface area contributed by atoms with Crippen LogP contribution in [0.4, 0.5) is 0 Å². The van der Waals surface area contributed by atoms with Crippen molar-refractivity contribution >= 4 is 5.91 Å². The predicted molar refractivity (Wildman–Crippen MR) is 67.5 cm³/mol. The fourth-order valence-corrected chi connectivity index (χ4v) is 1.96. The Balaban J connectivity index is 1.57. The first-order chi connectivity index (χ1) is 9.22. The molecule has 3 rings (SSSR count). The molecule has 1 aliphatic rings. The molecule has 2 aromatic rings. The van der Waals surface area contributed by atoms with Gasteiger partial charge in [-0.25, -0.2) is 9.97 Å². The molecule has 1 saturated carbocycles. The van der Waals surface area contributed by atoms with E-state index in [1.807, 2.05) is 17.7 Å². The minimum absolute atomic E-state index is 0.00965. The quantitative estimate of drug-likeness (QED) is 0.828. The van der Waals surface area contributed by atoms with Crippen LogP contribution in [0.25, 0.3) is 0 Å². The standard InChI is InChI=1S/C12H16N6O/c1-8(6-18-5-4-13-7-18)14-12(19)11-15-10(16-17-11)9-2-3-9/h4-5,7-9H,2-3,6H2,1H3,(H,14,19)(H,15,16,17). The number of aromatic nitrogens is 5. The topological polar surface area (TPSA) is 88.5 Å². The molecule has 2 aromatic heterocycles. The fourth-order valence-electron chi connectivity index (χ4n) is 1.96. The maximum atomic E-state index is 12.0. The molecule has 0 aromatic carbocycles. The van der Waals surface area contributed by atoms with Gasteiger partial charge in [0.15, 0.2) is 0 Å². The number of hydrogen-bond acceptors (Lipinski definition) is 4. The maximum Gasteiger partial charge on any atom is 0.291 e. The molecule has 2 N–H and O–H groups in total. The number of amides is 1. The highest BCUT2D eigenvalue weighted by Crippen LogP contribution is 2.37. The number of nitrogens with one attached hydrogen (secondary N) is 2. The highest BCUT2D eigenvalue weighted by atomic mass is 16.2. The SMILES string of the molecule is CC(Cn1ccnc1)NC(=O)c1n[nH]c(C2CC2)n1. The van der Waals surface area contributed by atoms with Crippen molar-refractivity contribution in [3.8, 4) is 0 Å². The molecule has 1 amide bonds. The molecule has 2 heterocycles. The van der Waals surface area contributed by atoms with Crippen LogP contribution in [0, 0.1) is 0 Å². The predicted octanol–water partition coefficient (Wildman–Crippen LogP) is 0.697. The Morgan fingerprint density at radius 3 is 3.16 bits per heavy atom. The highest BCUT2D eigenvalue weighted by Gasteiger charge is 2.28. The molecular weight excluding hydrogens is 244 g/mol. The Kier molecular flexibility index (Phi) is 3.02. The number of rotatable bonds is 5. The van der Waals surface area contributed by atoms with Gasteiger partial charge < -0.3 is 9.88 Å². The second kappa shape index (κ2) is 4.83. The summed E-state index contributed by atoms with van der Waals surface area (Å²) >= 11 is 0. The van der Waals surface area contributed by atoms with Crippen molar-refractivity contribution in [2.75, 3.05) is 0 Å². The molecule has 0 saturated heterocycles. The zero-order valence-corrected chi connectivity index (χ0v) is 10.7. The van der Waals surface area contributed by atoms with Crippen LogP contribution in [0.1, 0.15) is 42.1 Å². The van der Waals surface area contributed by atoms with E-state index in [2.05, 4.69) is 25.5 Å². The minimum atomic E-state index is -0.240. The Bertz CT molecular complexity index is 557. The van der Waals surface area contributed by atoms with Crippen LogP contribution in [-0.2, 0) is 6.54 Å². The Labute approximate surface area is 110 Å². The third kappa shape index (κ3) is 2.81. The lowest BCUT2D eigenvalue weighted by atomic mass is 10.3. The summed E-state index contributed by atoms with van der Waals surface area (Å²) in [7, 11) is 0. The summed E-state index contributed by atoms with van der Waals surface area (Å²) in [6.45, 7) is 2.61. The molecule has 100 valence electrons. The second-order valence-electron chi connectivity index (χ2n) is 4.95. The monoisotopic (exact) mass is 260 g/mol. The van der Waals surface area contributed by atoms with Gasteiger partial charge in [-0.1, -0.05) is 0 Å². The minimum Gasteiger partial charge on any atom is -0.345 e. The van der Waals surface area contributed by atoms with Gasteiger partial charge >= 0.3 is 0 Å². The first kappa shape index (κ1) is 11.9. The number of nitrogens with zero attached hydrogens (tertiary/aromatic N) is 4. The summed E-state index contributed by atoms with van der Waals surface area (Å²) in [4.78, 5) is 20.1. The van der Waals surface area contributed by atoms with E-state index in [4.69, 9.17) is 0 Å². The molecule has 19 heavy (non-hydrogen) atoms. The van der Waals surface area contributed by atoms with Gasteiger partial charge in [0.05, 0.1) is 6.33 Å². The lowest BCUT2D eigenvalue weighted by molar-refractivity contribution is 0.0926. The summed E-state index contributed by atoms with van der Waals surface area (Å²) in [5, 5.41) is 9.66. The van der Waals surface area contributed by atoms with Gasteiger partial charge in [0.1, 0.15) is 5.82 Å². The number of imidazole rings is 1. The van der Waals surface area contributed by atoms with Gasteiger partial charge in [-0.2, -0.15) is 0 Å². The van der Waals surface area contributed by atoms with E-state index in [1.54, 1.807) is 12.5 Å². The van der Waals surface area contributed by atoms with Gasteiger partial charge in [0.2, 0.25) is 5.82 Å². The lowest BCUT2D eigenvalue weighted by Gasteiger charge is -2.12. The van der Waals surface area contributed by atoms with Crippen LogP contribution >= 0.6 is 0 Å². The molecule has 7 heteroatoms. The smallest absolute Gasteiger partial charge is 0.291 e. The zero-order chi connectivity index (χ0) is 13.2. The van der Waals surface area contributed by atoms with Crippen LogP contribution in [-0.4, -0.2) is 36.7 Å². The number of hydrogen-bond donors (Lipinski definition) is 2. The van der Waals surface area contributed by atoms with Crippen LogP contribution < -0.4 is 5.32 Å². The third-order valence-electron chi connectivity index (χ3n) is 3.09. The van der Waals surface area contributed by atoms with Crippen molar-refractivity contribution in [3.05, 3.63) is 30.4 Å². The summed E-state index contributed by atoms with van der Waals surface area (Å²) in [5.41, 5.74) is 0. The largest absolute Gasteiger partial charge is 0.345 e. The zero-order valence-electron chi connectivity index (χ0n) is 10.7. The molecule has 0 aliphatic heterocycles. The molecule has 1 aliphatic carbocycles. The molecule has 1 atom stereocenters. The van der Waals surface area contributed by atoms with Crippen molar-refractivity contribution < 1.29 is 4.79 Å². The van der Waals surface area contributed by atoms with Gasteiger partial charge in [-0.05, 0) is 19.8 Å². The number of carbonyl (C=O) groups excluding carboxylic acids is 1. The lowest BCUT2D eigenvalue weighted by Crippen LogP contribution is -2.36. The van der Waals surface area contributed by atoms with Crippen LogP contribution in [0.2, 0.25) is 0 Å². The molecule has 1 fully saturated rings. The summed E-state index contributed by atoms with van der Waals surface area (Å²) < 4.78 is 1.92. The van der Waals surface area contributed by atoms with Gasteiger partial charge in [0.25, 0.3) is 5.91 Å². The molecular formula is C12H16N6O. The van der Waals surface area contributed by atoms with E-state index in [0.29, 0.717) is 12.5 Å². The van der Waals surface area contributed by atoms with Crippen molar-refractivity contribution in [2.24, 2.45) is 0 Å². The van der Waals surface area contributed by atoms with E-state index in [0.717, 1.165) is 18.7 Å². The summed E-state index contributed by atoms with van der Waals surface area (Å²) in [5.74, 6) is 1.28. The number of aromatic amines is 1. The molecule has 0 spiro atoms. The fraction of sp³-hybridized carbons (Fsp3) is 0.500. The maximum absolute atomic E-state index is 12.0. The van der Waals surface area contributed by atoms with E-state index in [1.165, 1.54) is 0 Å². The van der Waals surface area contributed by atoms with Crippen LogP contribution in [0.5, 0.6) is 0 Å². The van der Waals surface area contributed by atoms with E-state index in [9.17, 15) is 4.79 Å². The van der Waals surface area contributed by atoms with Crippen LogP contribution in [0.3, 0.4) is 0 Å². The second-order valence-corrected chi connectivity index (χ2v) is 4.95. The van der Waals surface area contributed by atoms with E-state index < -0.39 is 0 Å². The molecule has 0 radical (unpaired) electrons. The first-order valence-electron chi connectivity index (χ1n) is 6.41. The van der Waals surface area contributed by atoms with Gasteiger partial charge in [-0.3, -0.25) is 9.89 Å². The number of carbonyl (C=O) groups is 1. The number of H-pyrrole nitrogens is 1. The molecule has 0 bridgehead atoms. The van der Waals surface area contributed by atoms with Crippen LogP contribution in [0.15, 0.2) is 18.7 Å². The first-order valence-corrected chi connectivity index (χ1v) is 6.41. The summed E-state index contributed by atoms with van der Waals surface area (Å²) in [6, 6.07) is -0.00965. The van der Waals surface area contributed by atoms with Crippen molar-refractivity contribution in [2.45, 2.75) is 38.3 Å². The highest BCUT2D eigenvalue weighted by molar-refractivity contribution is 5.90. The van der Waals surface area contributed by atoms with Gasteiger partial charge in [-0.15, -0.1) is 5.10 Å². The average molecular weight is 260 g/mol. The van der Waals surface area contributed by atoms with Gasteiger partial charge in [0, 0.05) is 30.9 Å². The van der Waals surface area contributed by atoms with Crippen molar-refractivity contribution in [3.63, 3.8) is 0 Å². The van der Waals surface area contributed by atoms with E-state index >= 15 is 0 Å². The molecule has 7 nitrogen and oxygen atoms in total. The molecule has 1 unspecified atom stereocenters. The van der Waals surface area contributed by atoms with Crippen molar-refractivity contribution in [1.82, 2.24) is 30.0 Å². The Hall–Kier alpha value is -2.18. The van der Waals surface area contributed by atoms with E-state index in [-0.39, 0.29) is 17.8 Å². The third-order valence-corrected chi connectivity index (χ3v) is 3.09. The Morgan fingerprint density at radius 1 is 1.63 bits per heavy atom. The Morgan fingerprint density at radius 2 is 2.47 bits per heavy atom. The van der Waals surface area contributed by atoms with Crippen molar-refractivity contribution in [1.29, 1.82) is 0 Å².